The maximum Gasteiger partial charge on any atom is 0.292 e. The summed E-state index contributed by atoms with van der Waals surface area (Å²) >= 11 is 0. The van der Waals surface area contributed by atoms with Crippen molar-refractivity contribution in [3.05, 3.63) is 70.3 Å². The van der Waals surface area contributed by atoms with Crippen molar-refractivity contribution in [3.8, 4) is 0 Å². The largest absolute Gasteiger partial charge is 0.350 e. The highest BCUT2D eigenvalue weighted by molar-refractivity contribution is 5.74. The number of anilines is 2. The normalized spacial score (nSPS) is 15.0. The fourth-order valence-corrected chi connectivity index (χ4v) is 2.95. The minimum absolute atomic E-state index is 0.0818. The maximum atomic E-state index is 11.1. The van der Waals surface area contributed by atoms with Crippen molar-refractivity contribution in [2.24, 2.45) is 0 Å². The molecule has 0 bridgehead atoms. The lowest BCUT2D eigenvalue weighted by molar-refractivity contribution is -0.383. The molecule has 2 aromatic rings. The first-order chi connectivity index (χ1) is 11.7. The molecule has 5 heteroatoms. The van der Waals surface area contributed by atoms with E-state index in [0.29, 0.717) is 5.69 Å². The zero-order valence-corrected chi connectivity index (χ0v) is 13.7. The molecule has 1 heterocycles. The summed E-state index contributed by atoms with van der Waals surface area (Å²) in [7, 11) is 0. The van der Waals surface area contributed by atoms with Gasteiger partial charge in [-0.25, -0.2) is 0 Å². The molecule has 1 N–H and O–H groups in total. The molecule has 0 spiro atoms. The monoisotopic (exact) mass is 323 g/mol. The highest BCUT2D eigenvalue weighted by Crippen LogP contribution is 2.29. The summed E-state index contributed by atoms with van der Waals surface area (Å²) in [6, 6.07) is 14.8. The van der Waals surface area contributed by atoms with Gasteiger partial charge in [-0.15, -0.1) is 0 Å². The predicted octanol–water partition coefficient (Wildman–Crippen LogP) is 4.45. The van der Waals surface area contributed by atoms with E-state index < -0.39 is 0 Å². The molecule has 0 saturated heterocycles. The topological polar surface area (TPSA) is 58.4 Å². The van der Waals surface area contributed by atoms with E-state index in [1.807, 2.05) is 12.1 Å². The summed E-state index contributed by atoms with van der Waals surface area (Å²) in [6.07, 6.45) is 3.31. The fourth-order valence-electron chi connectivity index (χ4n) is 2.95. The second-order valence-corrected chi connectivity index (χ2v) is 5.85. The van der Waals surface area contributed by atoms with E-state index in [1.54, 1.807) is 18.2 Å². The Hall–Kier alpha value is -2.66. The molecular weight excluding hydrogens is 302 g/mol. The van der Waals surface area contributed by atoms with Crippen LogP contribution in [0.4, 0.5) is 17.1 Å². The number of benzene rings is 2. The van der Waals surface area contributed by atoms with Gasteiger partial charge in [0.1, 0.15) is 5.69 Å². The van der Waals surface area contributed by atoms with Gasteiger partial charge in [-0.05, 0) is 42.3 Å². The summed E-state index contributed by atoms with van der Waals surface area (Å²) in [6.45, 7) is 5.30. The van der Waals surface area contributed by atoms with Gasteiger partial charge in [0.15, 0.2) is 0 Å². The van der Waals surface area contributed by atoms with Gasteiger partial charge in [0.2, 0.25) is 0 Å². The highest BCUT2D eigenvalue weighted by Gasteiger charge is 2.14. The van der Waals surface area contributed by atoms with Crippen LogP contribution in [0.3, 0.4) is 0 Å². The second-order valence-electron chi connectivity index (χ2n) is 5.85. The SMILES string of the molecule is CCN1CC=C(c2cccc(Nc3ccccc3[N+](=O)[O-])c2)CC1. The van der Waals surface area contributed by atoms with E-state index >= 15 is 0 Å². The highest BCUT2D eigenvalue weighted by atomic mass is 16.6. The van der Waals surface area contributed by atoms with Crippen LogP contribution in [-0.2, 0) is 0 Å². The Kier molecular flexibility index (Phi) is 4.91. The smallest absolute Gasteiger partial charge is 0.292 e. The first kappa shape index (κ1) is 16.2. The van der Waals surface area contributed by atoms with Crippen LogP contribution in [0, 0.1) is 10.1 Å². The average Bonchev–Trinajstić information content (AvgIpc) is 2.62. The molecule has 2 aromatic carbocycles. The lowest BCUT2D eigenvalue weighted by Crippen LogP contribution is -2.27. The van der Waals surface area contributed by atoms with Crippen molar-refractivity contribution in [1.82, 2.24) is 4.90 Å². The van der Waals surface area contributed by atoms with E-state index in [9.17, 15) is 10.1 Å². The van der Waals surface area contributed by atoms with Gasteiger partial charge in [-0.2, -0.15) is 0 Å². The van der Waals surface area contributed by atoms with E-state index in [2.05, 4.69) is 35.3 Å². The van der Waals surface area contributed by atoms with Crippen LogP contribution in [-0.4, -0.2) is 29.5 Å². The van der Waals surface area contributed by atoms with Crippen LogP contribution in [0.5, 0.6) is 0 Å². The molecule has 0 amide bonds. The third-order valence-corrected chi connectivity index (χ3v) is 4.35. The zero-order valence-electron chi connectivity index (χ0n) is 13.7. The molecule has 0 atom stereocenters. The Balaban J connectivity index is 1.82. The molecule has 24 heavy (non-hydrogen) atoms. The number of hydrogen-bond acceptors (Lipinski definition) is 4. The van der Waals surface area contributed by atoms with Crippen molar-refractivity contribution in [2.45, 2.75) is 13.3 Å². The quantitative estimate of drug-likeness (QED) is 0.652. The third kappa shape index (κ3) is 3.63. The first-order valence-electron chi connectivity index (χ1n) is 8.19. The molecule has 0 unspecified atom stereocenters. The van der Waals surface area contributed by atoms with Crippen LogP contribution in [0.25, 0.3) is 5.57 Å². The van der Waals surface area contributed by atoms with E-state index in [-0.39, 0.29) is 10.6 Å². The fraction of sp³-hybridized carbons (Fsp3) is 0.263. The number of para-hydroxylation sites is 2. The molecule has 0 radical (unpaired) electrons. The van der Waals surface area contributed by atoms with Gasteiger partial charge in [0.05, 0.1) is 4.92 Å². The lowest BCUT2D eigenvalue weighted by atomic mass is 9.99. The number of nitrogens with one attached hydrogen (secondary N) is 1. The summed E-state index contributed by atoms with van der Waals surface area (Å²) in [5, 5.41) is 14.3. The molecule has 1 aliphatic rings. The average molecular weight is 323 g/mol. The molecule has 124 valence electrons. The molecule has 0 fully saturated rings. The number of rotatable bonds is 5. The van der Waals surface area contributed by atoms with Crippen molar-refractivity contribution in [3.63, 3.8) is 0 Å². The standard InChI is InChI=1S/C19H21N3O2/c1-2-21-12-10-15(11-13-21)16-6-5-7-17(14-16)20-18-8-3-4-9-19(18)22(23)24/h3-10,14,20H,2,11-13H2,1H3. The predicted molar refractivity (Wildman–Crippen MR) is 97.5 cm³/mol. The van der Waals surface area contributed by atoms with Gasteiger partial charge in [-0.1, -0.05) is 37.3 Å². The summed E-state index contributed by atoms with van der Waals surface area (Å²) in [5.41, 5.74) is 3.97. The Bertz CT molecular complexity index is 771. The Morgan fingerprint density at radius 3 is 2.75 bits per heavy atom. The van der Waals surface area contributed by atoms with Crippen molar-refractivity contribution in [2.75, 3.05) is 25.0 Å². The molecule has 5 nitrogen and oxygen atoms in total. The van der Waals surface area contributed by atoms with Crippen LogP contribution >= 0.6 is 0 Å². The second kappa shape index (κ2) is 7.27. The summed E-state index contributed by atoms with van der Waals surface area (Å²) in [5.74, 6) is 0. The van der Waals surface area contributed by atoms with Gasteiger partial charge in [0.25, 0.3) is 5.69 Å². The first-order valence-corrected chi connectivity index (χ1v) is 8.19. The minimum atomic E-state index is -0.366. The van der Waals surface area contributed by atoms with Crippen molar-refractivity contribution >= 4 is 22.6 Å². The van der Waals surface area contributed by atoms with Gasteiger partial charge in [-0.3, -0.25) is 15.0 Å². The van der Waals surface area contributed by atoms with E-state index in [4.69, 9.17) is 0 Å². The van der Waals surface area contributed by atoms with E-state index in [0.717, 1.165) is 31.7 Å². The van der Waals surface area contributed by atoms with Gasteiger partial charge < -0.3 is 5.32 Å². The summed E-state index contributed by atoms with van der Waals surface area (Å²) < 4.78 is 0. The van der Waals surface area contributed by atoms with Crippen LogP contribution in [0.15, 0.2) is 54.6 Å². The van der Waals surface area contributed by atoms with Gasteiger partial charge in [0, 0.05) is 24.8 Å². The molecule has 0 aliphatic carbocycles. The number of likely N-dealkylation sites (N-methyl/N-ethyl adjacent to an activating group) is 1. The number of nitro benzene ring substituents is 1. The van der Waals surface area contributed by atoms with Gasteiger partial charge >= 0.3 is 0 Å². The molecular formula is C19H21N3O2. The van der Waals surface area contributed by atoms with Crippen molar-refractivity contribution < 1.29 is 4.92 Å². The number of hydrogen-bond donors (Lipinski definition) is 1. The molecule has 0 saturated carbocycles. The Labute approximate surface area is 141 Å². The Morgan fingerprint density at radius 2 is 2.04 bits per heavy atom. The lowest BCUT2D eigenvalue weighted by Gasteiger charge is -2.25. The number of nitro groups is 1. The third-order valence-electron chi connectivity index (χ3n) is 4.35. The summed E-state index contributed by atoms with van der Waals surface area (Å²) in [4.78, 5) is 13.2. The molecule has 1 aliphatic heterocycles. The van der Waals surface area contributed by atoms with Crippen LogP contribution < -0.4 is 5.32 Å². The number of nitrogens with zero attached hydrogens (tertiary/aromatic N) is 2. The Morgan fingerprint density at radius 1 is 1.21 bits per heavy atom. The molecule has 3 rings (SSSR count). The van der Waals surface area contributed by atoms with Crippen LogP contribution in [0.1, 0.15) is 18.9 Å². The minimum Gasteiger partial charge on any atom is -0.350 e. The maximum absolute atomic E-state index is 11.1. The molecule has 0 aromatic heterocycles. The zero-order chi connectivity index (χ0) is 16.9. The van der Waals surface area contributed by atoms with E-state index in [1.165, 1.54) is 17.2 Å². The van der Waals surface area contributed by atoms with Crippen molar-refractivity contribution in [1.29, 1.82) is 0 Å². The van der Waals surface area contributed by atoms with Crippen LogP contribution in [0.2, 0.25) is 0 Å².